The number of hydrogen-bond acceptors (Lipinski definition) is 2. The zero-order valence-corrected chi connectivity index (χ0v) is 13.1. The van der Waals surface area contributed by atoms with Crippen LogP contribution in [-0.4, -0.2) is 23.4 Å². The van der Waals surface area contributed by atoms with E-state index in [0.717, 1.165) is 22.9 Å². The largest absolute Gasteiger partial charge is 0.224 e. The molecule has 6 heteroatoms. The number of benzene rings is 1. The van der Waals surface area contributed by atoms with E-state index in [1.165, 1.54) is 0 Å². The van der Waals surface area contributed by atoms with E-state index in [4.69, 9.17) is 0 Å². The summed E-state index contributed by atoms with van der Waals surface area (Å²) in [5.74, 6) is 0. The lowest BCUT2D eigenvalue weighted by Crippen LogP contribution is -2.33. The van der Waals surface area contributed by atoms with Crippen molar-refractivity contribution in [1.29, 1.82) is 0 Å². The summed E-state index contributed by atoms with van der Waals surface area (Å²) in [6, 6.07) is 7.91. The predicted molar refractivity (Wildman–Crippen MR) is 75.4 cm³/mol. The molecule has 2 rings (SSSR count). The standard InChI is InChI=1S/C11H13Br2NO2S/c12-8-17(15,16)14(10-5-6-10)7-9-3-1-2-4-11(9)13/h1-4,10H,5-8H2. The third-order valence-electron chi connectivity index (χ3n) is 2.73. The molecule has 0 saturated heterocycles. The van der Waals surface area contributed by atoms with E-state index in [9.17, 15) is 8.42 Å². The van der Waals surface area contributed by atoms with Gasteiger partial charge in [0, 0.05) is 17.1 Å². The summed E-state index contributed by atoms with van der Waals surface area (Å²) < 4.78 is 26.5. The third-order valence-corrected chi connectivity index (χ3v) is 6.66. The van der Waals surface area contributed by atoms with Gasteiger partial charge in [0.15, 0.2) is 0 Å². The molecule has 0 radical (unpaired) electrons. The molecule has 0 unspecified atom stereocenters. The Balaban J connectivity index is 2.22. The highest BCUT2D eigenvalue weighted by Crippen LogP contribution is 2.32. The molecule has 3 nitrogen and oxygen atoms in total. The van der Waals surface area contributed by atoms with Crippen LogP contribution in [0.2, 0.25) is 0 Å². The van der Waals surface area contributed by atoms with Crippen LogP contribution in [0.3, 0.4) is 0 Å². The Morgan fingerprint density at radius 1 is 1.29 bits per heavy atom. The van der Waals surface area contributed by atoms with Gasteiger partial charge in [-0.15, -0.1) is 0 Å². The van der Waals surface area contributed by atoms with Crippen LogP contribution in [0.25, 0.3) is 0 Å². The Hall–Kier alpha value is 0.0900. The van der Waals surface area contributed by atoms with Gasteiger partial charge in [0.2, 0.25) is 10.0 Å². The topological polar surface area (TPSA) is 37.4 Å². The Kier molecular flexibility index (Phi) is 4.28. The lowest BCUT2D eigenvalue weighted by Gasteiger charge is -2.21. The van der Waals surface area contributed by atoms with E-state index in [0.29, 0.717) is 6.54 Å². The van der Waals surface area contributed by atoms with E-state index < -0.39 is 10.0 Å². The molecule has 0 aromatic heterocycles. The van der Waals surface area contributed by atoms with Crippen molar-refractivity contribution >= 4 is 41.9 Å². The molecule has 94 valence electrons. The van der Waals surface area contributed by atoms with E-state index in [-0.39, 0.29) is 10.7 Å². The van der Waals surface area contributed by atoms with Gasteiger partial charge in [-0.25, -0.2) is 8.42 Å². The second-order valence-corrected chi connectivity index (χ2v) is 8.17. The number of alkyl halides is 1. The molecule has 1 aliphatic carbocycles. The molecular weight excluding hydrogens is 370 g/mol. The van der Waals surface area contributed by atoms with Gasteiger partial charge in [-0.2, -0.15) is 4.31 Å². The van der Waals surface area contributed by atoms with Crippen LogP contribution in [0, 0.1) is 0 Å². The van der Waals surface area contributed by atoms with Gasteiger partial charge in [0.25, 0.3) is 0 Å². The van der Waals surface area contributed by atoms with Crippen molar-refractivity contribution in [3.05, 3.63) is 34.3 Å². The molecule has 1 aliphatic rings. The molecule has 0 bridgehead atoms. The van der Waals surface area contributed by atoms with Gasteiger partial charge < -0.3 is 0 Å². The van der Waals surface area contributed by atoms with Crippen molar-refractivity contribution in [3.8, 4) is 0 Å². The fourth-order valence-electron chi connectivity index (χ4n) is 1.67. The van der Waals surface area contributed by atoms with Crippen LogP contribution in [0.5, 0.6) is 0 Å². The summed E-state index contributed by atoms with van der Waals surface area (Å²) in [4.78, 5) is 0. The Morgan fingerprint density at radius 3 is 2.47 bits per heavy atom. The lowest BCUT2D eigenvalue weighted by molar-refractivity contribution is 0.401. The number of rotatable bonds is 5. The maximum Gasteiger partial charge on any atom is 0.224 e. The van der Waals surface area contributed by atoms with Gasteiger partial charge >= 0.3 is 0 Å². The maximum absolute atomic E-state index is 12.0. The summed E-state index contributed by atoms with van der Waals surface area (Å²) in [7, 11) is -3.18. The van der Waals surface area contributed by atoms with Crippen LogP contribution in [0.1, 0.15) is 18.4 Å². The minimum Gasteiger partial charge on any atom is -0.211 e. The van der Waals surface area contributed by atoms with Crippen LogP contribution >= 0.6 is 31.9 Å². The quantitative estimate of drug-likeness (QED) is 0.733. The first-order valence-corrected chi connectivity index (χ1v) is 8.86. The minimum absolute atomic E-state index is 0.0129. The molecule has 1 saturated carbocycles. The van der Waals surface area contributed by atoms with Gasteiger partial charge in [-0.1, -0.05) is 50.1 Å². The number of sulfonamides is 1. The minimum atomic E-state index is -3.18. The highest BCUT2D eigenvalue weighted by Gasteiger charge is 2.36. The molecule has 1 aromatic rings. The zero-order chi connectivity index (χ0) is 12.5. The second-order valence-electron chi connectivity index (χ2n) is 4.09. The number of hydrogen-bond donors (Lipinski definition) is 0. The molecule has 1 fully saturated rings. The summed E-state index contributed by atoms with van der Waals surface area (Å²) in [5.41, 5.74) is 1.00. The molecule has 0 N–H and O–H groups in total. The molecule has 0 amide bonds. The summed E-state index contributed by atoms with van der Waals surface area (Å²) in [6.07, 6.45) is 1.94. The van der Waals surface area contributed by atoms with E-state index in [1.807, 2.05) is 24.3 Å². The molecule has 17 heavy (non-hydrogen) atoms. The molecule has 0 atom stereocenters. The first-order valence-electron chi connectivity index (χ1n) is 5.33. The van der Waals surface area contributed by atoms with Crippen molar-refractivity contribution in [1.82, 2.24) is 4.31 Å². The molecular formula is C11H13Br2NO2S. The second kappa shape index (κ2) is 5.38. The monoisotopic (exact) mass is 381 g/mol. The van der Waals surface area contributed by atoms with Gasteiger partial charge in [0.05, 0.1) is 0 Å². The maximum atomic E-state index is 12.0. The highest BCUT2D eigenvalue weighted by molar-refractivity contribution is 9.11. The Morgan fingerprint density at radius 2 is 1.94 bits per heavy atom. The van der Waals surface area contributed by atoms with E-state index in [2.05, 4.69) is 31.9 Å². The lowest BCUT2D eigenvalue weighted by atomic mass is 10.2. The third kappa shape index (κ3) is 3.30. The van der Waals surface area contributed by atoms with Crippen molar-refractivity contribution in [3.63, 3.8) is 0 Å². The van der Waals surface area contributed by atoms with Crippen molar-refractivity contribution in [2.75, 3.05) is 4.66 Å². The smallest absolute Gasteiger partial charge is 0.211 e. The van der Waals surface area contributed by atoms with Crippen molar-refractivity contribution < 1.29 is 8.42 Å². The van der Waals surface area contributed by atoms with Crippen LogP contribution in [0.15, 0.2) is 28.7 Å². The highest BCUT2D eigenvalue weighted by atomic mass is 79.9. The van der Waals surface area contributed by atoms with E-state index in [1.54, 1.807) is 4.31 Å². The Bertz CT molecular complexity index is 500. The van der Waals surface area contributed by atoms with Crippen LogP contribution in [0.4, 0.5) is 0 Å². The van der Waals surface area contributed by atoms with Gasteiger partial charge in [-0.05, 0) is 24.5 Å². The molecule has 0 aliphatic heterocycles. The summed E-state index contributed by atoms with van der Waals surface area (Å²) in [5, 5.41) is 0. The van der Waals surface area contributed by atoms with Crippen molar-refractivity contribution in [2.45, 2.75) is 25.4 Å². The number of nitrogens with zero attached hydrogens (tertiary/aromatic N) is 1. The Labute approximate surface area is 119 Å². The summed E-state index contributed by atoms with van der Waals surface area (Å²) in [6.45, 7) is 0.444. The van der Waals surface area contributed by atoms with Crippen molar-refractivity contribution in [2.24, 2.45) is 0 Å². The zero-order valence-electron chi connectivity index (χ0n) is 9.14. The molecule has 0 heterocycles. The average Bonchev–Trinajstić information content (AvgIpc) is 3.12. The van der Waals surface area contributed by atoms with Crippen LogP contribution in [-0.2, 0) is 16.6 Å². The summed E-state index contributed by atoms with van der Waals surface area (Å²) >= 11 is 6.51. The normalized spacial score (nSPS) is 16.4. The van der Waals surface area contributed by atoms with Gasteiger partial charge in [0.1, 0.15) is 4.66 Å². The fourth-order valence-corrected chi connectivity index (χ4v) is 4.00. The van der Waals surface area contributed by atoms with E-state index >= 15 is 0 Å². The fraction of sp³-hybridized carbons (Fsp3) is 0.455. The van der Waals surface area contributed by atoms with Gasteiger partial charge in [-0.3, -0.25) is 0 Å². The SMILES string of the molecule is O=S(=O)(CBr)N(Cc1ccccc1Br)C1CC1. The molecule has 0 spiro atoms. The average molecular weight is 383 g/mol. The predicted octanol–water partition coefficient (Wildman–Crippen LogP) is 3.10. The number of halogens is 2. The van der Waals surface area contributed by atoms with Crippen LogP contribution < -0.4 is 0 Å². The first kappa shape index (κ1) is 13.5. The molecule has 1 aromatic carbocycles. The first-order chi connectivity index (χ1) is 8.04.